The van der Waals surface area contributed by atoms with Crippen LogP contribution in [0.4, 0.5) is 26.0 Å². The number of hydrogen-bond acceptors (Lipinski definition) is 4. The molecular formula is C24H25ClF2N4O. The highest BCUT2D eigenvalue weighted by Gasteiger charge is 2.39. The Morgan fingerprint density at radius 1 is 1.12 bits per heavy atom. The number of aromatic nitrogens is 1. The number of rotatable bonds is 4. The van der Waals surface area contributed by atoms with Crippen LogP contribution in [0.3, 0.4) is 0 Å². The van der Waals surface area contributed by atoms with Gasteiger partial charge in [-0.15, -0.1) is 0 Å². The van der Waals surface area contributed by atoms with Crippen LogP contribution in [-0.2, 0) is 4.79 Å². The summed E-state index contributed by atoms with van der Waals surface area (Å²) >= 11 is 6.21. The minimum absolute atomic E-state index is 0.0509. The van der Waals surface area contributed by atoms with E-state index in [-0.39, 0.29) is 29.4 Å². The fraction of sp³-hybridized carbons (Fsp3) is 0.417. The first-order valence-electron chi connectivity index (χ1n) is 11.1. The third-order valence-corrected chi connectivity index (χ3v) is 7.06. The zero-order chi connectivity index (χ0) is 22.2. The van der Waals surface area contributed by atoms with Crippen molar-refractivity contribution in [1.82, 2.24) is 4.98 Å². The fourth-order valence-electron chi connectivity index (χ4n) is 5.26. The van der Waals surface area contributed by atoms with E-state index in [2.05, 4.69) is 10.3 Å². The summed E-state index contributed by atoms with van der Waals surface area (Å²) in [4.78, 5) is 20.9. The Labute approximate surface area is 191 Å². The summed E-state index contributed by atoms with van der Waals surface area (Å²) in [6, 6.07) is 6.42. The number of anilines is 3. The molecule has 3 aliphatic heterocycles. The van der Waals surface area contributed by atoms with Crippen molar-refractivity contribution in [2.24, 2.45) is 0 Å². The van der Waals surface area contributed by atoms with Gasteiger partial charge < -0.3 is 15.1 Å². The number of nitrogens with one attached hydrogen (secondary N) is 1. The van der Waals surface area contributed by atoms with Crippen molar-refractivity contribution in [3.8, 4) is 0 Å². The number of halogens is 3. The topological polar surface area (TPSA) is 48.5 Å². The minimum atomic E-state index is -0.618. The van der Waals surface area contributed by atoms with E-state index in [0.29, 0.717) is 35.9 Å². The standard InChI is InChI=1S/C24H25ClF2N4O/c25-19-5-2-10-28-23(19)30-11-8-15(9-12-30)24(32)29-16-13-20(26)22(21(27)14-16)31-17-3-1-4-18(31)7-6-17/h2,5,8,10,13-14,17-18H,1,3-4,6-7,9,11-12H2,(H,29,32). The highest BCUT2D eigenvalue weighted by molar-refractivity contribution is 6.32. The van der Waals surface area contributed by atoms with Crippen LogP contribution in [0.25, 0.3) is 0 Å². The molecular weight excluding hydrogens is 434 g/mol. The van der Waals surface area contributed by atoms with Crippen LogP contribution >= 0.6 is 11.6 Å². The lowest BCUT2D eigenvalue weighted by molar-refractivity contribution is -0.113. The lowest BCUT2D eigenvalue weighted by Crippen LogP contribution is -2.40. The number of hydrogen-bond donors (Lipinski definition) is 1. The number of piperidine rings is 1. The first kappa shape index (κ1) is 21.2. The predicted octanol–water partition coefficient (Wildman–Crippen LogP) is 5.31. The third kappa shape index (κ3) is 3.94. The Kier molecular flexibility index (Phi) is 5.76. The second-order valence-corrected chi connectivity index (χ2v) is 9.11. The number of amides is 1. The van der Waals surface area contributed by atoms with Crippen molar-refractivity contribution in [3.63, 3.8) is 0 Å². The molecule has 5 nitrogen and oxygen atoms in total. The highest BCUT2D eigenvalue weighted by atomic mass is 35.5. The summed E-state index contributed by atoms with van der Waals surface area (Å²) < 4.78 is 29.9. The molecule has 0 aliphatic carbocycles. The molecule has 1 amide bonds. The van der Waals surface area contributed by atoms with E-state index < -0.39 is 11.6 Å². The van der Waals surface area contributed by atoms with Crippen LogP contribution in [0, 0.1) is 11.6 Å². The maximum atomic E-state index is 15.0. The maximum Gasteiger partial charge on any atom is 0.251 e. The van der Waals surface area contributed by atoms with E-state index in [1.54, 1.807) is 24.4 Å². The van der Waals surface area contributed by atoms with E-state index in [0.717, 1.165) is 32.1 Å². The molecule has 32 heavy (non-hydrogen) atoms. The largest absolute Gasteiger partial charge is 0.361 e. The molecule has 8 heteroatoms. The Morgan fingerprint density at radius 2 is 1.84 bits per heavy atom. The zero-order valence-electron chi connectivity index (χ0n) is 17.7. The normalized spacial score (nSPS) is 22.7. The quantitative estimate of drug-likeness (QED) is 0.674. The van der Waals surface area contributed by atoms with Gasteiger partial charge in [0.15, 0.2) is 11.6 Å². The average molecular weight is 459 g/mol. The molecule has 4 heterocycles. The molecule has 2 unspecified atom stereocenters. The van der Waals surface area contributed by atoms with Gasteiger partial charge in [-0.1, -0.05) is 17.7 Å². The zero-order valence-corrected chi connectivity index (χ0v) is 18.4. The molecule has 5 rings (SSSR count). The Balaban J connectivity index is 1.29. The van der Waals surface area contributed by atoms with Gasteiger partial charge in [0.25, 0.3) is 5.91 Å². The first-order chi connectivity index (χ1) is 15.5. The summed E-state index contributed by atoms with van der Waals surface area (Å²) in [6.07, 6.45) is 8.99. The van der Waals surface area contributed by atoms with Crippen molar-refractivity contribution in [2.45, 2.75) is 50.6 Å². The predicted molar refractivity (Wildman–Crippen MR) is 122 cm³/mol. The van der Waals surface area contributed by atoms with Crippen LogP contribution in [0.15, 0.2) is 42.1 Å². The van der Waals surface area contributed by atoms with Crippen molar-refractivity contribution < 1.29 is 13.6 Å². The van der Waals surface area contributed by atoms with E-state index in [4.69, 9.17) is 11.6 Å². The monoisotopic (exact) mass is 458 g/mol. The van der Waals surface area contributed by atoms with Gasteiger partial charge in [0.05, 0.1) is 5.02 Å². The van der Waals surface area contributed by atoms with Gasteiger partial charge in [-0.2, -0.15) is 0 Å². The Bertz CT molecular complexity index is 1040. The SMILES string of the molecule is O=C(Nc1cc(F)c(N2C3CCCC2CC3)c(F)c1)C1=CCN(c2ncccc2Cl)CC1. The molecule has 1 N–H and O–H groups in total. The molecule has 2 saturated heterocycles. The molecule has 2 bridgehead atoms. The summed E-state index contributed by atoms with van der Waals surface area (Å²) in [6.45, 7) is 1.06. The number of carbonyl (C=O) groups is 1. The molecule has 1 aromatic heterocycles. The summed E-state index contributed by atoms with van der Waals surface area (Å²) in [5, 5.41) is 3.22. The molecule has 1 aromatic carbocycles. The third-order valence-electron chi connectivity index (χ3n) is 6.77. The van der Waals surface area contributed by atoms with Crippen LogP contribution in [-0.4, -0.2) is 36.1 Å². The number of pyridine rings is 1. The van der Waals surface area contributed by atoms with Gasteiger partial charge in [-0.05, 0) is 62.8 Å². The lowest BCUT2D eigenvalue weighted by atomic mass is 10.0. The van der Waals surface area contributed by atoms with Gasteiger partial charge in [0.1, 0.15) is 11.5 Å². The van der Waals surface area contributed by atoms with E-state index >= 15 is 0 Å². The molecule has 3 aliphatic rings. The van der Waals surface area contributed by atoms with E-state index in [9.17, 15) is 13.6 Å². The van der Waals surface area contributed by atoms with Crippen LogP contribution in [0.2, 0.25) is 5.02 Å². The summed E-state index contributed by atoms with van der Waals surface area (Å²) in [5.74, 6) is -0.905. The second kappa shape index (κ2) is 8.70. The van der Waals surface area contributed by atoms with Gasteiger partial charge in [-0.25, -0.2) is 13.8 Å². The lowest BCUT2D eigenvalue weighted by Gasteiger charge is -2.37. The van der Waals surface area contributed by atoms with E-state index in [1.807, 2.05) is 9.80 Å². The molecule has 2 aromatic rings. The molecule has 0 saturated carbocycles. The van der Waals surface area contributed by atoms with Gasteiger partial charge in [0, 0.05) is 42.6 Å². The summed E-state index contributed by atoms with van der Waals surface area (Å²) in [7, 11) is 0. The fourth-order valence-corrected chi connectivity index (χ4v) is 5.50. The van der Waals surface area contributed by atoms with Crippen LogP contribution in [0.1, 0.15) is 38.5 Å². The number of nitrogens with zero attached hydrogens (tertiary/aromatic N) is 3. The molecule has 0 spiro atoms. The average Bonchev–Trinajstić information content (AvgIpc) is 3.01. The molecule has 168 valence electrons. The van der Waals surface area contributed by atoms with Crippen molar-refractivity contribution in [1.29, 1.82) is 0 Å². The number of carbonyl (C=O) groups excluding carboxylic acids is 1. The highest BCUT2D eigenvalue weighted by Crippen LogP contribution is 2.42. The van der Waals surface area contributed by atoms with Gasteiger partial charge in [0.2, 0.25) is 0 Å². The Hall–Kier alpha value is -2.67. The second-order valence-electron chi connectivity index (χ2n) is 8.70. The smallest absolute Gasteiger partial charge is 0.251 e. The first-order valence-corrected chi connectivity index (χ1v) is 11.5. The minimum Gasteiger partial charge on any atom is -0.361 e. The molecule has 0 radical (unpaired) electrons. The maximum absolute atomic E-state index is 15.0. The van der Waals surface area contributed by atoms with Crippen LogP contribution in [0.5, 0.6) is 0 Å². The van der Waals surface area contributed by atoms with E-state index in [1.165, 1.54) is 12.1 Å². The number of benzene rings is 1. The van der Waals surface area contributed by atoms with Gasteiger partial charge in [-0.3, -0.25) is 4.79 Å². The Morgan fingerprint density at radius 3 is 2.47 bits per heavy atom. The number of fused-ring (bicyclic) bond motifs is 2. The molecule has 2 atom stereocenters. The van der Waals surface area contributed by atoms with Crippen molar-refractivity contribution >= 4 is 34.7 Å². The van der Waals surface area contributed by atoms with Crippen LogP contribution < -0.4 is 15.1 Å². The summed E-state index contributed by atoms with van der Waals surface area (Å²) in [5.41, 5.74) is 0.761. The van der Waals surface area contributed by atoms with Gasteiger partial charge >= 0.3 is 0 Å². The van der Waals surface area contributed by atoms with Crippen molar-refractivity contribution in [3.05, 3.63) is 58.8 Å². The molecule has 2 fully saturated rings. The van der Waals surface area contributed by atoms with Crippen molar-refractivity contribution in [2.75, 3.05) is 28.2 Å².